The number of hydrogen-bond donors (Lipinski definition) is 1. The van der Waals surface area contributed by atoms with Crippen LogP contribution < -0.4 is 4.74 Å². The van der Waals surface area contributed by atoms with E-state index in [2.05, 4.69) is 11.1 Å². The van der Waals surface area contributed by atoms with Crippen molar-refractivity contribution in [2.45, 2.75) is 19.4 Å². The summed E-state index contributed by atoms with van der Waals surface area (Å²) in [4.78, 5) is 4.15. The number of aromatic nitrogens is 1. The maximum Gasteiger partial charge on any atom is 0.145 e. The molecule has 0 bridgehead atoms. The third-order valence-electron chi connectivity index (χ3n) is 2.69. The molecule has 0 amide bonds. The van der Waals surface area contributed by atoms with E-state index in [0.717, 1.165) is 0 Å². The zero-order chi connectivity index (χ0) is 13.7. The third-order valence-corrected chi connectivity index (χ3v) is 2.69. The third kappa shape index (κ3) is 3.30. The molecular weight excluding hydrogens is 240 g/mol. The fourth-order valence-electron chi connectivity index (χ4n) is 1.62. The lowest BCUT2D eigenvalue weighted by Gasteiger charge is -2.09. The van der Waals surface area contributed by atoms with Crippen molar-refractivity contribution < 1.29 is 9.84 Å². The number of pyridine rings is 1. The summed E-state index contributed by atoms with van der Waals surface area (Å²) in [6.45, 7) is 1.89. The second kappa shape index (κ2) is 5.98. The van der Waals surface area contributed by atoms with Gasteiger partial charge in [-0.2, -0.15) is 5.26 Å². The molecule has 0 saturated carbocycles. The molecule has 1 aromatic carbocycles. The Morgan fingerprint density at radius 2 is 2.16 bits per heavy atom. The van der Waals surface area contributed by atoms with E-state index < -0.39 is 6.10 Å². The first-order chi connectivity index (χ1) is 9.22. The van der Waals surface area contributed by atoms with Gasteiger partial charge in [0.2, 0.25) is 0 Å². The fourth-order valence-corrected chi connectivity index (χ4v) is 1.62. The van der Waals surface area contributed by atoms with Gasteiger partial charge in [-0.15, -0.1) is 0 Å². The maximum absolute atomic E-state index is 9.64. The molecule has 19 heavy (non-hydrogen) atoms. The van der Waals surface area contributed by atoms with E-state index in [0.29, 0.717) is 29.2 Å². The Balaban J connectivity index is 2.13. The van der Waals surface area contributed by atoms with Crippen LogP contribution in [0.4, 0.5) is 0 Å². The quantitative estimate of drug-likeness (QED) is 0.909. The molecule has 1 N–H and O–H groups in total. The smallest absolute Gasteiger partial charge is 0.145 e. The normalized spacial score (nSPS) is 11.6. The number of ether oxygens (including phenoxy) is 1. The Morgan fingerprint density at radius 1 is 1.32 bits per heavy atom. The van der Waals surface area contributed by atoms with Gasteiger partial charge in [-0.1, -0.05) is 13.0 Å². The SMILES string of the molecule is CC[C@H](O)c1ccc(Oc2cccc(C#N)c2)cn1. The highest BCUT2D eigenvalue weighted by Crippen LogP contribution is 2.23. The summed E-state index contributed by atoms with van der Waals surface area (Å²) < 4.78 is 5.59. The second-order valence-corrected chi connectivity index (χ2v) is 4.08. The van der Waals surface area contributed by atoms with E-state index in [1.165, 1.54) is 0 Å². The van der Waals surface area contributed by atoms with E-state index in [9.17, 15) is 5.11 Å². The number of hydrogen-bond acceptors (Lipinski definition) is 4. The number of nitrogens with zero attached hydrogens (tertiary/aromatic N) is 2. The Morgan fingerprint density at radius 3 is 2.79 bits per heavy atom. The highest BCUT2D eigenvalue weighted by atomic mass is 16.5. The molecule has 4 heteroatoms. The summed E-state index contributed by atoms with van der Waals surface area (Å²) in [7, 11) is 0. The Labute approximate surface area is 111 Å². The molecule has 4 nitrogen and oxygen atoms in total. The predicted octanol–water partition coefficient (Wildman–Crippen LogP) is 3.19. The van der Waals surface area contributed by atoms with E-state index in [1.807, 2.05) is 6.92 Å². The second-order valence-electron chi connectivity index (χ2n) is 4.08. The van der Waals surface area contributed by atoms with Gasteiger partial charge < -0.3 is 9.84 Å². The van der Waals surface area contributed by atoms with Gasteiger partial charge in [-0.3, -0.25) is 4.98 Å². The summed E-state index contributed by atoms with van der Waals surface area (Å²) >= 11 is 0. The van der Waals surface area contributed by atoms with Crippen molar-refractivity contribution in [3.63, 3.8) is 0 Å². The van der Waals surface area contributed by atoms with Crippen LogP contribution in [0.2, 0.25) is 0 Å². The van der Waals surface area contributed by atoms with Gasteiger partial charge in [0.1, 0.15) is 11.5 Å². The van der Waals surface area contributed by atoms with Crippen LogP contribution in [0.3, 0.4) is 0 Å². The summed E-state index contributed by atoms with van der Waals surface area (Å²) in [5, 5.41) is 18.4. The Hall–Kier alpha value is -2.38. The van der Waals surface area contributed by atoms with Crippen molar-refractivity contribution in [3.05, 3.63) is 53.9 Å². The molecule has 2 aromatic rings. The molecule has 0 unspecified atom stereocenters. The van der Waals surface area contributed by atoms with Gasteiger partial charge in [0.25, 0.3) is 0 Å². The van der Waals surface area contributed by atoms with Gasteiger partial charge in [-0.25, -0.2) is 0 Å². The lowest BCUT2D eigenvalue weighted by Crippen LogP contribution is -1.98. The average molecular weight is 254 g/mol. The van der Waals surface area contributed by atoms with Gasteiger partial charge >= 0.3 is 0 Å². The van der Waals surface area contributed by atoms with Crippen molar-refractivity contribution in [1.29, 1.82) is 5.26 Å². The molecule has 0 aliphatic carbocycles. The average Bonchev–Trinajstić information content (AvgIpc) is 2.47. The molecule has 0 radical (unpaired) electrons. The van der Waals surface area contributed by atoms with Gasteiger partial charge in [0, 0.05) is 0 Å². The molecule has 1 heterocycles. The summed E-state index contributed by atoms with van der Waals surface area (Å²) in [6, 6.07) is 12.4. The number of benzene rings is 1. The van der Waals surface area contributed by atoms with Crippen LogP contribution in [0.1, 0.15) is 30.7 Å². The minimum atomic E-state index is -0.545. The van der Waals surface area contributed by atoms with Crippen LogP contribution in [0.15, 0.2) is 42.6 Å². The topological polar surface area (TPSA) is 66.1 Å². The molecule has 0 spiro atoms. The highest BCUT2D eigenvalue weighted by molar-refractivity contribution is 5.38. The molecular formula is C15H14N2O2. The largest absolute Gasteiger partial charge is 0.456 e. The fraction of sp³-hybridized carbons (Fsp3) is 0.200. The van der Waals surface area contributed by atoms with Crippen LogP contribution in [-0.4, -0.2) is 10.1 Å². The highest BCUT2D eigenvalue weighted by Gasteiger charge is 2.06. The maximum atomic E-state index is 9.64. The standard InChI is InChI=1S/C15H14N2O2/c1-2-15(18)14-7-6-13(10-17-14)19-12-5-3-4-11(8-12)9-16/h3-8,10,15,18H,2H2,1H3/t15-/m0/s1. The molecule has 0 aliphatic rings. The van der Waals surface area contributed by atoms with Crippen LogP contribution in [0, 0.1) is 11.3 Å². The lowest BCUT2D eigenvalue weighted by molar-refractivity contribution is 0.169. The van der Waals surface area contributed by atoms with E-state index in [1.54, 1.807) is 42.6 Å². The first-order valence-corrected chi connectivity index (χ1v) is 6.05. The summed E-state index contributed by atoms with van der Waals surface area (Å²) in [5.41, 5.74) is 1.17. The molecule has 1 aromatic heterocycles. The molecule has 96 valence electrons. The van der Waals surface area contributed by atoms with Crippen LogP contribution in [0.5, 0.6) is 11.5 Å². The van der Waals surface area contributed by atoms with Crippen molar-refractivity contribution in [3.8, 4) is 17.6 Å². The summed E-state index contributed by atoms with van der Waals surface area (Å²) in [6.07, 6.45) is 1.64. The zero-order valence-corrected chi connectivity index (χ0v) is 10.6. The molecule has 0 fully saturated rings. The van der Waals surface area contributed by atoms with Gasteiger partial charge in [0.15, 0.2) is 0 Å². The van der Waals surface area contributed by atoms with Gasteiger partial charge in [0.05, 0.1) is 29.6 Å². The predicted molar refractivity (Wildman–Crippen MR) is 70.7 cm³/mol. The molecule has 0 saturated heterocycles. The van der Waals surface area contributed by atoms with Crippen molar-refractivity contribution in [1.82, 2.24) is 4.98 Å². The molecule has 2 rings (SSSR count). The van der Waals surface area contributed by atoms with Crippen molar-refractivity contribution >= 4 is 0 Å². The van der Waals surface area contributed by atoms with Crippen LogP contribution in [-0.2, 0) is 0 Å². The first-order valence-electron chi connectivity index (χ1n) is 6.05. The number of nitriles is 1. The molecule has 1 atom stereocenters. The van der Waals surface area contributed by atoms with E-state index in [4.69, 9.17) is 10.00 Å². The van der Waals surface area contributed by atoms with Crippen LogP contribution >= 0.6 is 0 Å². The Kier molecular flexibility index (Phi) is 4.11. The number of rotatable bonds is 4. The zero-order valence-electron chi connectivity index (χ0n) is 10.6. The number of aliphatic hydroxyl groups excluding tert-OH is 1. The first kappa shape index (κ1) is 13.1. The van der Waals surface area contributed by atoms with Crippen molar-refractivity contribution in [2.24, 2.45) is 0 Å². The monoisotopic (exact) mass is 254 g/mol. The van der Waals surface area contributed by atoms with Gasteiger partial charge in [-0.05, 0) is 36.8 Å². The Bertz CT molecular complexity index is 588. The minimum Gasteiger partial charge on any atom is -0.456 e. The van der Waals surface area contributed by atoms with Crippen LogP contribution in [0.25, 0.3) is 0 Å². The number of aliphatic hydroxyl groups is 1. The summed E-state index contributed by atoms with van der Waals surface area (Å²) in [5.74, 6) is 1.16. The van der Waals surface area contributed by atoms with E-state index >= 15 is 0 Å². The lowest BCUT2D eigenvalue weighted by atomic mass is 10.2. The minimum absolute atomic E-state index is 0.545. The molecule has 0 aliphatic heterocycles. The van der Waals surface area contributed by atoms with Crippen molar-refractivity contribution in [2.75, 3.05) is 0 Å². The van der Waals surface area contributed by atoms with E-state index in [-0.39, 0.29) is 0 Å².